The minimum absolute atomic E-state index is 0.477. The molecule has 0 unspecified atom stereocenters. The first kappa shape index (κ1) is 21.8. The Morgan fingerprint density at radius 1 is 0.686 bits per heavy atom. The van der Waals surface area contributed by atoms with Crippen molar-refractivity contribution in [2.45, 2.75) is 32.1 Å². The Bertz CT molecular complexity index is 1300. The van der Waals surface area contributed by atoms with E-state index < -0.39 is 6.35 Å². The number of hydrogen-bond donors (Lipinski definition) is 0. The summed E-state index contributed by atoms with van der Waals surface area (Å²) in [5.74, 6) is 1.63. The first-order valence-electron chi connectivity index (χ1n) is 12.7. The third kappa shape index (κ3) is 3.49. The summed E-state index contributed by atoms with van der Waals surface area (Å²) < 4.78 is 3.56. The van der Waals surface area contributed by atoms with Gasteiger partial charge in [-0.25, -0.2) is 0 Å². The van der Waals surface area contributed by atoms with Crippen LogP contribution < -0.4 is 11.2 Å². The standard InChI is InChI=1S/C30H30BN3O/c1-35-26-17-6-5-15-24(26)29(23-13-3-2-4-14-23)30(25-16-7-10-20-32-25)31(35,27-18-8-11-21-33-27)28-19-9-12-22-34-28/h5-12,15-23H,2-4,13-14H2,1H3. The molecule has 1 aliphatic heterocycles. The summed E-state index contributed by atoms with van der Waals surface area (Å²) in [5.41, 5.74) is 6.92. The van der Waals surface area contributed by atoms with Crippen LogP contribution in [0.25, 0.3) is 11.0 Å². The molecule has 3 aromatic heterocycles. The summed E-state index contributed by atoms with van der Waals surface area (Å²) in [7, 11) is 2.13. The third-order valence-corrected chi connectivity index (χ3v) is 7.91. The third-order valence-electron chi connectivity index (χ3n) is 7.91. The molecule has 4 heterocycles. The summed E-state index contributed by atoms with van der Waals surface area (Å²) in [6, 6.07) is 27.5. The Labute approximate surface area is 207 Å². The largest absolute Gasteiger partial charge is 0.809 e. The zero-order valence-corrected chi connectivity index (χ0v) is 20.2. The Morgan fingerprint density at radius 2 is 1.29 bits per heavy atom. The van der Waals surface area contributed by atoms with Gasteiger partial charge in [0.25, 0.3) is 0 Å². The molecule has 1 aliphatic carbocycles. The van der Waals surface area contributed by atoms with Crippen molar-refractivity contribution in [1.82, 2.24) is 15.0 Å². The molecule has 0 bridgehead atoms. The van der Waals surface area contributed by atoms with Gasteiger partial charge in [0, 0.05) is 30.4 Å². The van der Waals surface area contributed by atoms with Gasteiger partial charge in [-0.1, -0.05) is 72.8 Å². The molecule has 2 aliphatic rings. The van der Waals surface area contributed by atoms with Crippen molar-refractivity contribution in [2.75, 3.05) is 7.11 Å². The summed E-state index contributed by atoms with van der Waals surface area (Å²) in [6.45, 7) is 0. The second kappa shape index (κ2) is 9.14. The van der Waals surface area contributed by atoms with Crippen molar-refractivity contribution < 1.29 is 4.28 Å². The van der Waals surface area contributed by atoms with E-state index in [9.17, 15) is 0 Å². The molecule has 4 nitrogen and oxygen atoms in total. The molecule has 35 heavy (non-hydrogen) atoms. The van der Waals surface area contributed by atoms with E-state index in [4.69, 9.17) is 15.0 Å². The van der Waals surface area contributed by atoms with Gasteiger partial charge < -0.3 is 4.28 Å². The van der Waals surface area contributed by atoms with Crippen LogP contribution in [-0.4, -0.2) is 28.4 Å². The fraction of sp³-hybridized carbons (Fsp3) is 0.233. The highest BCUT2D eigenvalue weighted by Crippen LogP contribution is 2.53. The van der Waals surface area contributed by atoms with E-state index in [2.05, 4.69) is 72.1 Å². The predicted octanol–water partition coefficient (Wildman–Crippen LogP) is 5.57. The molecule has 0 radical (unpaired) electrons. The average molecular weight is 459 g/mol. The van der Waals surface area contributed by atoms with E-state index in [0.717, 1.165) is 22.6 Å². The average Bonchev–Trinajstić information content (AvgIpc) is 2.95. The smallest absolute Gasteiger partial charge is 0.451 e. The predicted molar refractivity (Wildman–Crippen MR) is 144 cm³/mol. The van der Waals surface area contributed by atoms with E-state index in [1.807, 2.05) is 36.8 Å². The zero-order chi connectivity index (χ0) is 23.7. The fourth-order valence-corrected chi connectivity index (χ4v) is 6.44. The normalized spacial score (nSPS) is 17.8. The molecule has 0 N–H and O–H groups in total. The molecule has 1 saturated carbocycles. The number of rotatable bonds is 4. The van der Waals surface area contributed by atoms with Crippen LogP contribution in [0.3, 0.4) is 0 Å². The summed E-state index contributed by atoms with van der Waals surface area (Å²) in [4.78, 5) is 14.9. The van der Waals surface area contributed by atoms with Gasteiger partial charge in [-0.05, 0) is 60.3 Å². The van der Waals surface area contributed by atoms with Crippen LogP contribution in [0.15, 0.2) is 97.5 Å². The highest BCUT2D eigenvalue weighted by Gasteiger charge is 2.55. The van der Waals surface area contributed by atoms with Crippen LogP contribution in [-0.2, 0) is 4.28 Å². The lowest BCUT2D eigenvalue weighted by molar-refractivity contribution is 0.172. The molecule has 0 saturated heterocycles. The Hall–Kier alpha value is -3.73. The Morgan fingerprint density at radius 3 is 1.89 bits per heavy atom. The van der Waals surface area contributed by atoms with Gasteiger partial charge in [0.05, 0.1) is 5.56 Å². The number of allylic oxidation sites excluding steroid dienone is 1. The molecule has 0 amide bonds. The molecule has 174 valence electrons. The number of pyridine rings is 3. The Kier molecular flexibility index (Phi) is 5.69. The number of aromatic nitrogens is 3. The molecule has 0 spiro atoms. The first-order chi connectivity index (χ1) is 17.3. The summed E-state index contributed by atoms with van der Waals surface area (Å²) >= 11 is 0. The lowest BCUT2D eigenvalue weighted by atomic mass is 9.27. The number of para-hydroxylation sites is 1. The monoisotopic (exact) mass is 459 g/mol. The maximum Gasteiger partial charge on any atom is 0.451 e. The van der Waals surface area contributed by atoms with Gasteiger partial charge in [0.2, 0.25) is 5.75 Å². The molecule has 4 aromatic rings. The van der Waals surface area contributed by atoms with E-state index in [1.165, 1.54) is 48.7 Å². The second-order valence-electron chi connectivity index (χ2n) is 9.73. The minimum atomic E-state index is -1.77. The maximum atomic E-state index is 4.99. The summed E-state index contributed by atoms with van der Waals surface area (Å²) in [6.07, 6.45) is 10.2. The molecule has 1 fully saturated rings. The van der Waals surface area contributed by atoms with Crippen molar-refractivity contribution in [1.29, 1.82) is 0 Å². The van der Waals surface area contributed by atoms with E-state index in [-0.39, 0.29) is 0 Å². The highest BCUT2D eigenvalue weighted by atomic mass is 16.6. The molecular formula is C30H30BN3O. The number of hydrogen-bond acceptors (Lipinski definition) is 3. The molecule has 5 heteroatoms. The number of fused-ring (bicyclic) bond motifs is 1. The van der Waals surface area contributed by atoms with Crippen molar-refractivity contribution in [3.8, 4) is 5.75 Å². The van der Waals surface area contributed by atoms with Gasteiger partial charge >= 0.3 is 6.35 Å². The van der Waals surface area contributed by atoms with Crippen LogP contribution in [0.5, 0.6) is 5.75 Å². The van der Waals surface area contributed by atoms with Crippen LogP contribution in [0, 0.1) is 5.92 Å². The van der Waals surface area contributed by atoms with Crippen molar-refractivity contribution >= 4 is 28.6 Å². The minimum Gasteiger partial charge on any atom is -0.809 e. The molecule has 0 atom stereocenters. The molecule has 1 aromatic carbocycles. The van der Waals surface area contributed by atoms with Crippen LogP contribution in [0.4, 0.5) is 0 Å². The highest BCUT2D eigenvalue weighted by molar-refractivity contribution is 7.11. The van der Waals surface area contributed by atoms with Crippen LogP contribution in [0.1, 0.15) is 43.4 Å². The topological polar surface area (TPSA) is 41.4 Å². The van der Waals surface area contributed by atoms with E-state index >= 15 is 0 Å². The lowest BCUT2D eigenvalue weighted by Gasteiger charge is -2.54. The zero-order valence-electron chi connectivity index (χ0n) is 20.2. The molecule has 6 rings (SSSR count). The van der Waals surface area contributed by atoms with Crippen molar-refractivity contribution in [3.05, 3.63) is 109 Å². The van der Waals surface area contributed by atoms with Gasteiger partial charge in [-0.3, -0.25) is 15.0 Å². The number of nitrogens with zero attached hydrogens (tertiary/aromatic N) is 3. The molecular weight excluding hydrogens is 429 g/mol. The van der Waals surface area contributed by atoms with Gasteiger partial charge in [-0.15, -0.1) is 0 Å². The summed E-state index contributed by atoms with van der Waals surface area (Å²) in [5, 5.41) is 0. The van der Waals surface area contributed by atoms with E-state index in [1.54, 1.807) is 0 Å². The fourth-order valence-electron chi connectivity index (χ4n) is 6.44. The Balaban J connectivity index is 1.80. The lowest BCUT2D eigenvalue weighted by Crippen LogP contribution is -2.68. The van der Waals surface area contributed by atoms with Gasteiger partial charge in [0.1, 0.15) is 7.11 Å². The number of benzene rings is 1. The second-order valence-corrected chi connectivity index (χ2v) is 9.73. The maximum absolute atomic E-state index is 4.99. The van der Waals surface area contributed by atoms with Crippen LogP contribution in [0.2, 0.25) is 0 Å². The SMILES string of the molecule is C[O+]1c2ccccc2C(C2CCCCC2)=C(c2ccccn2)[B-]1(c1ccccn1)c1ccccn1. The van der Waals surface area contributed by atoms with E-state index in [0.29, 0.717) is 5.92 Å². The van der Waals surface area contributed by atoms with Crippen LogP contribution >= 0.6 is 0 Å². The van der Waals surface area contributed by atoms with Gasteiger partial charge in [0.15, 0.2) is 0 Å². The van der Waals surface area contributed by atoms with Crippen molar-refractivity contribution in [2.24, 2.45) is 5.92 Å². The quantitative estimate of drug-likeness (QED) is 0.296. The van der Waals surface area contributed by atoms with Gasteiger partial charge in [-0.2, -0.15) is 0 Å². The first-order valence-corrected chi connectivity index (χ1v) is 12.7. The van der Waals surface area contributed by atoms with Crippen molar-refractivity contribution in [3.63, 3.8) is 0 Å².